The number of nitrogens with one attached hydrogen (secondary N) is 2. The van der Waals surface area contributed by atoms with Gasteiger partial charge in [0.05, 0.1) is 5.69 Å². The molecule has 2 aromatic rings. The molecule has 0 radical (unpaired) electrons. The van der Waals surface area contributed by atoms with Gasteiger partial charge in [-0.2, -0.15) is 0 Å². The Morgan fingerprint density at radius 1 is 1.00 bits per heavy atom. The Balaban J connectivity index is 1.75. The van der Waals surface area contributed by atoms with Crippen molar-refractivity contribution in [3.8, 4) is 0 Å². The lowest BCUT2D eigenvalue weighted by molar-refractivity contribution is 0.0946. The maximum absolute atomic E-state index is 12.2. The van der Waals surface area contributed by atoms with E-state index in [1.807, 2.05) is 18.2 Å². The molecule has 1 heterocycles. The van der Waals surface area contributed by atoms with Crippen LogP contribution in [0.25, 0.3) is 0 Å². The van der Waals surface area contributed by atoms with Crippen LogP contribution in [0, 0.1) is 0 Å². The molecular weight excluding hydrogens is 346 g/mol. The number of pyridine rings is 1. The largest absolute Gasteiger partial charge is 0.348 e. The molecule has 1 aliphatic carbocycles. The van der Waals surface area contributed by atoms with Gasteiger partial charge in [0.15, 0.2) is 0 Å². The third-order valence-electron chi connectivity index (χ3n) is 3.25. The predicted molar refractivity (Wildman–Crippen MR) is 86.8 cm³/mol. The van der Waals surface area contributed by atoms with E-state index in [2.05, 4.69) is 31.5 Å². The number of benzene rings is 1. The molecule has 1 aliphatic rings. The Labute approximate surface area is 136 Å². The second-order valence-corrected chi connectivity index (χ2v) is 5.94. The number of aromatic nitrogens is 1. The third kappa shape index (κ3) is 3.51. The Morgan fingerprint density at radius 3 is 2.36 bits per heavy atom. The van der Waals surface area contributed by atoms with Crippen LogP contribution in [-0.2, 0) is 0 Å². The minimum atomic E-state index is -0.354. The van der Waals surface area contributed by atoms with Crippen LogP contribution in [0.3, 0.4) is 0 Å². The predicted octanol–water partition coefficient (Wildman–Crippen LogP) is 2.99. The minimum absolute atomic E-state index is 0.208. The summed E-state index contributed by atoms with van der Waals surface area (Å²) in [6.07, 6.45) is 2.02. The van der Waals surface area contributed by atoms with Crippen LogP contribution in [0.1, 0.15) is 33.8 Å². The molecule has 112 valence electrons. The highest BCUT2D eigenvalue weighted by molar-refractivity contribution is 9.10. The van der Waals surface area contributed by atoms with Crippen LogP contribution in [0.5, 0.6) is 0 Å². The summed E-state index contributed by atoms with van der Waals surface area (Å²) in [4.78, 5) is 28.4. The zero-order valence-electron chi connectivity index (χ0n) is 11.7. The van der Waals surface area contributed by atoms with Gasteiger partial charge in [0, 0.05) is 10.5 Å². The summed E-state index contributed by atoms with van der Waals surface area (Å²) < 4.78 is 0.783. The molecule has 0 atom stereocenters. The van der Waals surface area contributed by atoms with Crippen molar-refractivity contribution in [3.05, 3.63) is 58.3 Å². The zero-order chi connectivity index (χ0) is 15.5. The van der Waals surface area contributed by atoms with Crippen molar-refractivity contribution in [1.29, 1.82) is 0 Å². The lowest BCUT2D eigenvalue weighted by Gasteiger charge is -2.08. The molecule has 0 bridgehead atoms. The number of para-hydroxylation sites is 1. The van der Waals surface area contributed by atoms with E-state index in [0.29, 0.717) is 5.69 Å². The first-order valence-corrected chi connectivity index (χ1v) is 7.76. The molecule has 22 heavy (non-hydrogen) atoms. The summed E-state index contributed by atoms with van der Waals surface area (Å²) in [5, 5.41) is 5.62. The van der Waals surface area contributed by atoms with E-state index in [4.69, 9.17) is 0 Å². The van der Waals surface area contributed by atoms with Gasteiger partial charge in [-0.25, -0.2) is 4.98 Å². The summed E-state index contributed by atoms with van der Waals surface area (Å²) in [6.45, 7) is 0. The maximum Gasteiger partial charge on any atom is 0.274 e. The summed E-state index contributed by atoms with van der Waals surface area (Å²) in [5.41, 5.74) is 1.12. The third-order valence-corrected chi connectivity index (χ3v) is 3.94. The van der Waals surface area contributed by atoms with Crippen molar-refractivity contribution < 1.29 is 9.59 Å². The fourth-order valence-electron chi connectivity index (χ4n) is 1.92. The lowest BCUT2D eigenvalue weighted by Crippen LogP contribution is -2.27. The molecule has 0 unspecified atom stereocenters. The highest BCUT2D eigenvalue weighted by Crippen LogP contribution is 2.22. The quantitative estimate of drug-likeness (QED) is 0.881. The number of carbonyl (C=O) groups excluding carboxylic acids is 2. The Hall–Kier alpha value is -2.21. The smallest absolute Gasteiger partial charge is 0.274 e. The van der Waals surface area contributed by atoms with Crippen molar-refractivity contribution in [3.63, 3.8) is 0 Å². The summed E-state index contributed by atoms with van der Waals surface area (Å²) in [7, 11) is 0. The molecule has 1 saturated carbocycles. The van der Waals surface area contributed by atoms with E-state index in [9.17, 15) is 9.59 Å². The van der Waals surface area contributed by atoms with Gasteiger partial charge < -0.3 is 10.6 Å². The van der Waals surface area contributed by atoms with E-state index >= 15 is 0 Å². The van der Waals surface area contributed by atoms with Gasteiger partial charge in [0.25, 0.3) is 11.8 Å². The van der Waals surface area contributed by atoms with Crippen LogP contribution in [0.15, 0.2) is 46.9 Å². The van der Waals surface area contributed by atoms with Crippen LogP contribution < -0.4 is 10.6 Å². The highest BCUT2D eigenvalue weighted by Gasteiger charge is 2.24. The van der Waals surface area contributed by atoms with Crippen LogP contribution in [0.2, 0.25) is 0 Å². The number of halogens is 1. The van der Waals surface area contributed by atoms with Gasteiger partial charge in [-0.05, 0) is 53.0 Å². The summed E-state index contributed by atoms with van der Waals surface area (Å²) in [5.74, 6) is -0.592. The number of carbonyl (C=O) groups is 2. The molecule has 5 nitrogen and oxygen atoms in total. The molecule has 1 fully saturated rings. The van der Waals surface area contributed by atoms with Gasteiger partial charge in [-0.3, -0.25) is 9.59 Å². The zero-order valence-corrected chi connectivity index (χ0v) is 13.3. The fraction of sp³-hybridized carbons (Fsp3) is 0.188. The molecule has 0 spiro atoms. The van der Waals surface area contributed by atoms with Crippen molar-refractivity contribution in [1.82, 2.24) is 10.3 Å². The number of hydrogen-bond acceptors (Lipinski definition) is 3. The molecule has 2 N–H and O–H groups in total. The maximum atomic E-state index is 12.2. The van der Waals surface area contributed by atoms with Crippen molar-refractivity contribution in [2.75, 3.05) is 5.32 Å². The lowest BCUT2D eigenvalue weighted by atomic mass is 10.2. The van der Waals surface area contributed by atoms with Crippen molar-refractivity contribution in [2.24, 2.45) is 0 Å². The normalized spacial score (nSPS) is 13.5. The monoisotopic (exact) mass is 359 g/mol. The van der Waals surface area contributed by atoms with Gasteiger partial charge in [-0.15, -0.1) is 0 Å². The van der Waals surface area contributed by atoms with Gasteiger partial charge in [0.2, 0.25) is 0 Å². The van der Waals surface area contributed by atoms with Crippen LogP contribution >= 0.6 is 15.9 Å². The molecular formula is C16H14BrN3O2. The van der Waals surface area contributed by atoms with E-state index in [1.165, 1.54) is 0 Å². The van der Waals surface area contributed by atoms with E-state index in [1.54, 1.807) is 24.3 Å². The minimum Gasteiger partial charge on any atom is -0.348 e. The Morgan fingerprint density at radius 2 is 1.68 bits per heavy atom. The van der Waals surface area contributed by atoms with E-state index < -0.39 is 0 Å². The number of anilines is 1. The molecule has 0 saturated heterocycles. The number of hydrogen-bond donors (Lipinski definition) is 2. The topological polar surface area (TPSA) is 71.1 Å². The SMILES string of the molecule is O=C(Nc1ccccc1Br)c1cccc(C(=O)NC2CC2)n1. The second-order valence-electron chi connectivity index (χ2n) is 5.09. The number of nitrogens with zero attached hydrogens (tertiary/aromatic N) is 1. The van der Waals surface area contributed by atoms with Crippen LogP contribution in [0.4, 0.5) is 5.69 Å². The average Bonchev–Trinajstić information content (AvgIpc) is 3.33. The number of rotatable bonds is 4. The van der Waals surface area contributed by atoms with Crippen molar-refractivity contribution >= 4 is 33.4 Å². The first kappa shape index (κ1) is 14.7. The molecule has 1 aromatic heterocycles. The van der Waals surface area contributed by atoms with Gasteiger partial charge in [-0.1, -0.05) is 18.2 Å². The van der Waals surface area contributed by atoms with Gasteiger partial charge in [0.1, 0.15) is 11.4 Å². The highest BCUT2D eigenvalue weighted by atomic mass is 79.9. The first-order valence-electron chi connectivity index (χ1n) is 6.97. The fourth-order valence-corrected chi connectivity index (χ4v) is 2.31. The molecule has 1 aromatic carbocycles. The first-order chi connectivity index (χ1) is 10.6. The molecule has 6 heteroatoms. The standard InChI is InChI=1S/C16H14BrN3O2/c17-11-4-1-2-5-12(11)20-16(22)14-7-3-6-13(19-14)15(21)18-10-8-9-10/h1-7,10H,8-9H2,(H,18,21)(H,20,22). The van der Waals surface area contributed by atoms with E-state index in [0.717, 1.165) is 17.3 Å². The average molecular weight is 360 g/mol. The summed E-state index contributed by atoms with van der Waals surface area (Å²) >= 11 is 3.37. The van der Waals surface area contributed by atoms with E-state index in [-0.39, 0.29) is 29.2 Å². The molecule has 0 aliphatic heterocycles. The number of amides is 2. The van der Waals surface area contributed by atoms with Crippen molar-refractivity contribution in [2.45, 2.75) is 18.9 Å². The Bertz CT molecular complexity index is 729. The second kappa shape index (κ2) is 6.27. The van der Waals surface area contributed by atoms with Gasteiger partial charge >= 0.3 is 0 Å². The summed E-state index contributed by atoms with van der Waals surface area (Å²) in [6, 6.07) is 12.4. The van der Waals surface area contributed by atoms with Crippen LogP contribution in [-0.4, -0.2) is 22.8 Å². The molecule has 2 amide bonds. The Kier molecular flexibility index (Phi) is 4.20. The molecule has 3 rings (SSSR count).